The molecular formula is C12H17NO. The highest BCUT2D eigenvalue weighted by atomic mass is 16.5. The molecule has 0 saturated heterocycles. The van der Waals surface area contributed by atoms with Gasteiger partial charge in [0.2, 0.25) is 0 Å². The van der Waals surface area contributed by atoms with Crippen LogP contribution in [-0.4, -0.2) is 13.2 Å². The summed E-state index contributed by atoms with van der Waals surface area (Å²) < 4.78 is 5.87. The summed E-state index contributed by atoms with van der Waals surface area (Å²) in [5, 5.41) is 0. The average molecular weight is 191 g/mol. The lowest BCUT2D eigenvalue weighted by Crippen LogP contribution is -2.41. The van der Waals surface area contributed by atoms with Crippen LogP contribution in [0.5, 0.6) is 0 Å². The maximum absolute atomic E-state index is 5.87. The zero-order valence-corrected chi connectivity index (χ0v) is 8.62. The first-order chi connectivity index (χ1) is 6.82. The molecule has 0 radical (unpaired) electrons. The first-order valence-electron chi connectivity index (χ1n) is 5.25. The fourth-order valence-electron chi connectivity index (χ4n) is 2.22. The molecule has 1 aromatic rings. The second-order valence-corrected chi connectivity index (χ2v) is 3.81. The third-order valence-electron chi connectivity index (χ3n) is 3.16. The summed E-state index contributed by atoms with van der Waals surface area (Å²) in [6.45, 7) is 3.50. The Balaban J connectivity index is 2.48. The number of benzene rings is 1. The first-order valence-corrected chi connectivity index (χ1v) is 5.25. The van der Waals surface area contributed by atoms with Gasteiger partial charge < -0.3 is 10.5 Å². The molecule has 1 aliphatic rings. The molecule has 2 rings (SSSR count). The van der Waals surface area contributed by atoms with Gasteiger partial charge in [0.15, 0.2) is 0 Å². The molecular weight excluding hydrogens is 174 g/mol. The lowest BCUT2D eigenvalue weighted by atomic mass is 9.84. The fourth-order valence-corrected chi connectivity index (χ4v) is 2.22. The van der Waals surface area contributed by atoms with Crippen LogP contribution in [0.15, 0.2) is 24.3 Å². The van der Waals surface area contributed by atoms with Crippen molar-refractivity contribution in [2.45, 2.75) is 25.4 Å². The van der Waals surface area contributed by atoms with Gasteiger partial charge in [-0.15, -0.1) is 0 Å². The number of hydrogen-bond acceptors (Lipinski definition) is 2. The van der Waals surface area contributed by atoms with Gasteiger partial charge in [0.25, 0.3) is 0 Å². The third-order valence-corrected chi connectivity index (χ3v) is 3.16. The Labute approximate surface area is 85.1 Å². The molecule has 14 heavy (non-hydrogen) atoms. The average Bonchev–Trinajstić information content (AvgIpc) is 2.28. The molecule has 0 saturated carbocycles. The maximum atomic E-state index is 5.87. The molecule has 2 heteroatoms. The van der Waals surface area contributed by atoms with Crippen molar-refractivity contribution in [3.8, 4) is 0 Å². The van der Waals surface area contributed by atoms with E-state index in [1.54, 1.807) is 0 Å². The van der Waals surface area contributed by atoms with Crippen LogP contribution in [0.4, 0.5) is 0 Å². The second kappa shape index (κ2) is 3.71. The van der Waals surface area contributed by atoms with Crippen LogP contribution in [0.25, 0.3) is 0 Å². The Bertz CT molecular complexity index is 318. The molecule has 1 aliphatic heterocycles. The van der Waals surface area contributed by atoms with Gasteiger partial charge in [0, 0.05) is 6.54 Å². The normalized spacial score (nSPS) is 25.9. The molecule has 0 bridgehead atoms. The summed E-state index contributed by atoms with van der Waals surface area (Å²) in [4.78, 5) is 0. The minimum Gasteiger partial charge on any atom is -0.369 e. The van der Waals surface area contributed by atoms with E-state index in [1.807, 2.05) is 0 Å². The molecule has 2 N–H and O–H groups in total. The maximum Gasteiger partial charge on any atom is 0.105 e. The summed E-state index contributed by atoms with van der Waals surface area (Å²) in [6, 6.07) is 8.47. The molecule has 0 aromatic heterocycles. The molecule has 76 valence electrons. The Kier molecular flexibility index (Phi) is 2.57. The number of rotatable bonds is 2. The van der Waals surface area contributed by atoms with E-state index >= 15 is 0 Å². The summed E-state index contributed by atoms with van der Waals surface area (Å²) in [6.07, 6.45) is 1.96. The smallest absolute Gasteiger partial charge is 0.105 e. The van der Waals surface area contributed by atoms with Crippen LogP contribution in [0.3, 0.4) is 0 Å². The highest BCUT2D eigenvalue weighted by Gasteiger charge is 2.34. The second-order valence-electron chi connectivity index (χ2n) is 3.81. The van der Waals surface area contributed by atoms with E-state index in [0.29, 0.717) is 6.54 Å². The summed E-state index contributed by atoms with van der Waals surface area (Å²) >= 11 is 0. The van der Waals surface area contributed by atoms with Gasteiger partial charge in [0.05, 0.1) is 6.61 Å². The van der Waals surface area contributed by atoms with Crippen LogP contribution in [0.2, 0.25) is 0 Å². The van der Waals surface area contributed by atoms with Crippen molar-refractivity contribution in [3.05, 3.63) is 35.4 Å². The van der Waals surface area contributed by atoms with Crippen molar-refractivity contribution in [2.24, 2.45) is 5.73 Å². The Morgan fingerprint density at radius 3 is 2.93 bits per heavy atom. The molecule has 1 heterocycles. The summed E-state index contributed by atoms with van der Waals surface area (Å²) in [5.41, 5.74) is 8.29. The van der Waals surface area contributed by atoms with E-state index < -0.39 is 0 Å². The standard InChI is InChI=1S/C12H17NO/c1-2-12(9-13)11-6-4-3-5-10(11)7-8-14-12/h3-6H,2,7-9,13H2,1H3/t12-/m1/s1. The minimum atomic E-state index is -0.227. The molecule has 0 fully saturated rings. The summed E-state index contributed by atoms with van der Waals surface area (Å²) in [5.74, 6) is 0. The number of ether oxygens (including phenoxy) is 1. The molecule has 0 spiro atoms. The van der Waals surface area contributed by atoms with Crippen molar-refractivity contribution in [2.75, 3.05) is 13.2 Å². The lowest BCUT2D eigenvalue weighted by Gasteiger charge is -2.37. The molecule has 0 unspecified atom stereocenters. The van der Waals surface area contributed by atoms with E-state index in [0.717, 1.165) is 19.4 Å². The third kappa shape index (κ3) is 1.35. The van der Waals surface area contributed by atoms with Crippen LogP contribution in [-0.2, 0) is 16.8 Å². The molecule has 0 aliphatic carbocycles. The molecule has 1 atom stereocenters. The van der Waals surface area contributed by atoms with Crippen molar-refractivity contribution >= 4 is 0 Å². The lowest BCUT2D eigenvalue weighted by molar-refractivity contribution is -0.0562. The van der Waals surface area contributed by atoms with E-state index in [-0.39, 0.29) is 5.60 Å². The van der Waals surface area contributed by atoms with Gasteiger partial charge in [-0.3, -0.25) is 0 Å². The van der Waals surface area contributed by atoms with Crippen molar-refractivity contribution < 1.29 is 4.74 Å². The largest absolute Gasteiger partial charge is 0.369 e. The van der Waals surface area contributed by atoms with E-state index in [1.165, 1.54) is 11.1 Å². The van der Waals surface area contributed by atoms with Crippen molar-refractivity contribution in [3.63, 3.8) is 0 Å². The quantitative estimate of drug-likeness (QED) is 0.774. The highest BCUT2D eigenvalue weighted by molar-refractivity contribution is 5.34. The SMILES string of the molecule is CC[C@]1(CN)OCCc2ccccc21. The van der Waals surface area contributed by atoms with Crippen LogP contribution >= 0.6 is 0 Å². The van der Waals surface area contributed by atoms with E-state index in [9.17, 15) is 0 Å². The molecule has 0 amide bonds. The van der Waals surface area contributed by atoms with Gasteiger partial charge in [-0.25, -0.2) is 0 Å². The van der Waals surface area contributed by atoms with Gasteiger partial charge in [-0.2, -0.15) is 0 Å². The first kappa shape index (κ1) is 9.69. The minimum absolute atomic E-state index is 0.227. The van der Waals surface area contributed by atoms with E-state index in [2.05, 4.69) is 31.2 Å². The van der Waals surface area contributed by atoms with Gasteiger partial charge in [-0.05, 0) is 24.0 Å². The number of fused-ring (bicyclic) bond motifs is 1. The topological polar surface area (TPSA) is 35.2 Å². The monoisotopic (exact) mass is 191 g/mol. The Morgan fingerprint density at radius 1 is 1.43 bits per heavy atom. The van der Waals surface area contributed by atoms with Crippen molar-refractivity contribution in [1.82, 2.24) is 0 Å². The number of hydrogen-bond donors (Lipinski definition) is 1. The zero-order valence-electron chi connectivity index (χ0n) is 8.62. The van der Waals surface area contributed by atoms with Crippen LogP contribution < -0.4 is 5.73 Å². The van der Waals surface area contributed by atoms with Crippen LogP contribution in [0.1, 0.15) is 24.5 Å². The predicted molar refractivity (Wildman–Crippen MR) is 57.1 cm³/mol. The molecule has 2 nitrogen and oxygen atoms in total. The van der Waals surface area contributed by atoms with Gasteiger partial charge >= 0.3 is 0 Å². The summed E-state index contributed by atoms with van der Waals surface area (Å²) in [7, 11) is 0. The van der Waals surface area contributed by atoms with Gasteiger partial charge in [-0.1, -0.05) is 31.2 Å². The van der Waals surface area contributed by atoms with E-state index in [4.69, 9.17) is 10.5 Å². The van der Waals surface area contributed by atoms with Crippen LogP contribution in [0, 0.1) is 0 Å². The molecule has 1 aromatic carbocycles. The van der Waals surface area contributed by atoms with Gasteiger partial charge in [0.1, 0.15) is 5.60 Å². The Hall–Kier alpha value is -0.860. The number of nitrogens with two attached hydrogens (primary N) is 1. The zero-order chi connectivity index (χ0) is 10.0. The fraction of sp³-hybridized carbons (Fsp3) is 0.500. The Morgan fingerprint density at radius 2 is 2.21 bits per heavy atom. The highest BCUT2D eigenvalue weighted by Crippen LogP contribution is 2.34. The predicted octanol–water partition coefficient (Wildman–Crippen LogP) is 1.82. The van der Waals surface area contributed by atoms with Crippen molar-refractivity contribution in [1.29, 1.82) is 0 Å².